The fourth-order valence-corrected chi connectivity index (χ4v) is 5.08. The molecule has 2 aromatic heterocycles. The SMILES string of the molecule is C[C@@H]1CCCN(c2nc(OCC34CCCN3CCC4)c3[nH]cnc3n2)C1. The van der Waals surface area contributed by atoms with E-state index in [0.717, 1.165) is 24.6 Å². The van der Waals surface area contributed by atoms with Crippen LogP contribution >= 0.6 is 0 Å². The summed E-state index contributed by atoms with van der Waals surface area (Å²) in [4.78, 5) is 21.9. The van der Waals surface area contributed by atoms with Crippen molar-refractivity contribution in [2.24, 2.45) is 5.92 Å². The fourth-order valence-electron chi connectivity index (χ4n) is 5.08. The van der Waals surface area contributed by atoms with Crippen molar-refractivity contribution in [1.29, 1.82) is 0 Å². The van der Waals surface area contributed by atoms with Gasteiger partial charge in [-0.25, -0.2) is 4.98 Å². The lowest BCUT2D eigenvalue weighted by Gasteiger charge is -2.32. The third-order valence-corrected chi connectivity index (χ3v) is 6.47. The molecule has 0 saturated carbocycles. The van der Waals surface area contributed by atoms with Gasteiger partial charge < -0.3 is 14.6 Å². The number of piperidine rings is 1. The third-order valence-electron chi connectivity index (χ3n) is 6.47. The van der Waals surface area contributed by atoms with Gasteiger partial charge in [-0.05, 0) is 57.5 Å². The molecule has 0 amide bonds. The van der Waals surface area contributed by atoms with E-state index < -0.39 is 0 Å². The summed E-state index contributed by atoms with van der Waals surface area (Å²) in [7, 11) is 0. The Labute approximate surface area is 154 Å². The molecule has 0 unspecified atom stereocenters. The zero-order valence-corrected chi connectivity index (χ0v) is 15.6. The third kappa shape index (κ3) is 2.73. The second-order valence-electron chi connectivity index (χ2n) is 8.33. The first-order valence-electron chi connectivity index (χ1n) is 10.1. The van der Waals surface area contributed by atoms with Crippen molar-refractivity contribution < 1.29 is 4.74 Å². The normalized spacial score (nSPS) is 25.7. The average molecular weight is 356 g/mol. The largest absolute Gasteiger partial charge is 0.474 e. The highest BCUT2D eigenvalue weighted by Gasteiger charge is 2.45. The lowest BCUT2D eigenvalue weighted by Crippen LogP contribution is -2.43. The Morgan fingerprint density at radius 3 is 2.85 bits per heavy atom. The minimum absolute atomic E-state index is 0.219. The van der Waals surface area contributed by atoms with Gasteiger partial charge in [0.25, 0.3) is 0 Å². The van der Waals surface area contributed by atoms with Gasteiger partial charge in [0, 0.05) is 13.1 Å². The minimum Gasteiger partial charge on any atom is -0.474 e. The van der Waals surface area contributed by atoms with Gasteiger partial charge in [0.05, 0.1) is 11.9 Å². The van der Waals surface area contributed by atoms with Crippen LogP contribution in [0.1, 0.15) is 45.4 Å². The molecule has 3 fully saturated rings. The first-order chi connectivity index (χ1) is 12.7. The number of fused-ring (bicyclic) bond motifs is 2. The molecule has 140 valence electrons. The number of hydrogen-bond acceptors (Lipinski definition) is 6. The molecular formula is C19H28N6O. The zero-order valence-electron chi connectivity index (χ0n) is 15.6. The Kier molecular flexibility index (Phi) is 3.99. The summed E-state index contributed by atoms with van der Waals surface area (Å²) in [5.74, 6) is 2.10. The second-order valence-corrected chi connectivity index (χ2v) is 8.33. The van der Waals surface area contributed by atoms with Gasteiger partial charge in [0.15, 0.2) is 5.65 Å². The maximum Gasteiger partial charge on any atom is 0.245 e. The Morgan fingerprint density at radius 1 is 1.19 bits per heavy atom. The Morgan fingerprint density at radius 2 is 2.04 bits per heavy atom. The van der Waals surface area contributed by atoms with Gasteiger partial charge in [0.1, 0.15) is 12.1 Å². The highest BCUT2D eigenvalue weighted by atomic mass is 16.5. The number of aromatic nitrogens is 4. The lowest BCUT2D eigenvalue weighted by atomic mass is 9.95. The number of hydrogen-bond donors (Lipinski definition) is 1. The molecular weight excluding hydrogens is 328 g/mol. The fraction of sp³-hybridized carbons (Fsp3) is 0.737. The summed E-state index contributed by atoms with van der Waals surface area (Å²) in [6.45, 7) is 7.45. The minimum atomic E-state index is 0.219. The smallest absolute Gasteiger partial charge is 0.245 e. The van der Waals surface area contributed by atoms with Crippen LogP contribution in [-0.4, -0.2) is 63.2 Å². The van der Waals surface area contributed by atoms with E-state index >= 15 is 0 Å². The van der Waals surface area contributed by atoms with Crippen molar-refractivity contribution in [3.05, 3.63) is 6.33 Å². The van der Waals surface area contributed by atoms with E-state index in [1.54, 1.807) is 6.33 Å². The standard InChI is InChI=1S/C19H28N6O/c1-14-5-2-8-24(11-14)18-22-16-15(20-13-21-16)17(23-18)26-12-19-6-3-9-25(19)10-4-7-19/h13-14H,2-12H2,1H3,(H,20,21,22,23)/t14-/m1/s1. The van der Waals surface area contributed by atoms with Gasteiger partial charge in [-0.1, -0.05) is 6.92 Å². The maximum absolute atomic E-state index is 6.33. The van der Waals surface area contributed by atoms with Crippen LogP contribution in [0.5, 0.6) is 5.88 Å². The van der Waals surface area contributed by atoms with E-state index in [9.17, 15) is 0 Å². The van der Waals surface area contributed by atoms with E-state index in [-0.39, 0.29) is 5.54 Å². The zero-order chi connectivity index (χ0) is 17.6. The summed E-state index contributed by atoms with van der Waals surface area (Å²) in [6.07, 6.45) is 9.19. The second kappa shape index (κ2) is 6.37. The number of ether oxygens (including phenoxy) is 1. The number of rotatable bonds is 4. The molecule has 3 aliphatic heterocycles. The summed E-state index contributed by atoms with van der Waals surface area (Å²) in [5, 5.41) is 0. The number of H-pyrrole nitrogens is 1. The molecule has 0 aromatic carbocycles. The molecule has 1 atom stereocenters. The van der Waals surface area contributed by atoms with Crippen LogP contribution in [0.4, 0.5) is 5.95 Å². The van der Waals surface area contributed by atoms with Crippen molar-refractivity contribution in [3.63, 3.8) is 0 Å². The van der Waals surface area contributed by atoms with Crippen LogP contribution in [0.2, 0.25) is 0 Å². The van der Waals surface area contributed by atoms with Crippen LogP contribution in [-0.2, 0) is 0 Å². The first-order valence-corrected chi connectivity index (χ1v) is 10.1. The van der Waals surface area contributed by atoms with Crippen LogP contribution in [0.25, 0.3) is 11.2 Å². The molecule has 3 aliphatic rings. The van der Waals surface area contributed by atoms with Gasteiger partial charge in [-0.15, -0.1) is 0 Å². The highest BCUT2D eigenvalue weighted by Crippen LogP contribution is 2.39. The number of anilines is 1. The average Bonchev–Trinajstić information content (AvgIpc) is 3.34. The number of nitrogens with zero attached hydrogens (tertiary/aromatic N) is 5. The molecule has 0 aliphatic carbocycles. The Bertz CT molecular complexity index is 779. The Hall–Kier alpha value is -1.89. The van der Waals surface area contributed by atoms with E-state index in [1.807, 2.05) is 0 Å². The van der Waals surface area contributed by atoms with E-state index in [2.05, 4.69) is 31.7 Å². The van der Waals surface area contributed by atoms with Crippen molar-refractivity contribution >= 4 is 17.1 Å². The molecule has 5 rings (SSSR count). The summed E-state index contributed by atoms with van der Waals surface area (Å²) in [5.41, 5.74) is 1.74. The monoisotopic (exact) mass is 356 g/mol. The summed E-state index contributed by atoms with van der Waals surface area (Å²) >= 11 is 0. The van der Waals surface area contributed by atoms with Crippen molar-refractivity contribution in [3.8, 4) is 5.88 Å². The van der Waals surface area contributed by atoms with Crippen LogP contribution < -0.4 is 9.64 Å². The predicted octanol–water partition coefficient (Wildman–Crippen LogP) is 2.60. The van der Waals surface area contributed by atoms with E-state index in [0.29, 0.717) is 24.1 Å². The van der Waals surface area contributed by atoms with Crippen molar-refractivity contribution in [2.75, 3.05) is 37.7 Å². The maximum atomic E-state index is 6.33. The van der Waals surface area contributed by atoms with Gasteiger partial charge in [0.2, 0.25) is 11.8 Å². The van der Waals surface area contributed by atoms with Gasteiger partial charge in [-0.2, -0.15) is 9.97 Å². The molecule has 3 saturated heterocycles. The molecule has 0 radical (unpaired) electrons. The molecule has 26 heavy (non-hydrogen) atoms. The molecule has 7 nitrogen and oxygen atoms in total. The molecule has 1 N–H and O–H groups in total. The predicted molar refractivity (Wildman–Crippen MR) is 101 cm³/mol. The van der Waals surface area contributed by atoms with Crippen LogP contribution in [0, 0.1) is 5.92 Å². The van der Waals surface area contributed by atoms with Crippen LogP contribution in [0.15, 0.2) is 6.33 Å². The summed E-state index contributed by atoms with van der Waals surface area (Å²) < 4.78 is 6.33. The quantitative estimate of drug-likeness (QED) is 0.908. The van der Waals surface area contributed by atoms with Gasteiger partial charge >= 0.3 is 0 Å². The first kappa shape index (κ1) is 16.3. The molecule has 0 spiro atoms. The number of aromatic amines is 1. The number of imidazole rings is 1. The molecule has 7 heteroatoms. The highest BCUT2D eigenvalue weighted by molar-refractivity contribution is 5.77. The van der Waals surface area contributed by atoms with Crippen LogP contribution in [0.3, 0.4) is 0 Å². The topological polar surface area (TPSA) is 70.2 Å². The lowest BCUT2D eigenvalue weighted by molar-refractivity contribution is 0.111. The van der Waals surface area contributed by atoms with E-state index in [1.165, 1.54) is 51.6 Å². The molecule has 2 aromatic rings. The van der Waals surface area contributed by atoms with E-state index in [4.69, 9.17) is 9.72 Å². The van der Waals surface area contributed by atoms with Crippen molar-refractivity contribution in [1.82, 2.24) is 24.8 Å². The molecule has 0 bridgehead atoms. The Balaban J connectivity index is 1.42. The molecule has 5 heterocycles. The summed E-state index contributed by atoms with van der Waals surface area (Å²) in [6, 6.07) is 0. The van der Waals surface area contributed by atoms with Gasteiger partial charge in [-0.3, -0.25) is 4.90 Å². The van der Waals surface area contributed by atoms with Crippen molar-refractivity contribution in [2.45, 2.75) is 51.0 Å². The number of nitrogens with one attached hydrogen (secondary N) is 1.